The molecule has 4 rings (SSSR count). The van der Waals surface area contributed by atoms with Crippen LogP contribution >= 0.6 is 0 Å². The molecule has 3 fully saturated rings. The Bertz CT molecular complexity index is 338. The minimum atomic E-state index is 0.629. The van der Waals surface area contributed by atoms with Crippen LogP contribution in [0, 0.1) is 46.8 Å². The van der Waals surface area contributed by atoms with E-state index in [0.717, 1.165) is 41.4 Å². The van der Waals surface area contributed by atoms with Crippen molar-refractivity contribution in [2.75, 3.05) is 0 Å². The van der Waals surface area contributed by atoms with Crippen LogP contribution in [-0.2, 0) is 0 Å². The smallest absolute Gasteiger partial charge is 0.0194 e. The van der Waals surface area contributed by atoms with Crippen LogP contribution < -0.4 is 0 Å². The van der Waals surface area contributed by atoms with Gasteiger partial charge in [-0.2, -0.15) is 0 Å². The van der Waals surface area contributed by atoms with Crippen LogP contribution in [0.4, 0.5) is 0 Å². The van der Waals surface area contributed by atoms with Crippen molar-refractivity contribution in [3.05, 3.63) is 12.2 Å². The van der Waals surface area contributed by atoms with Crippen molar-refractivity contribution in [2.24, 2.45) is 46.8 Å². The molecule has 7 atom stereocenters. The van der Waals surface area contributed by atoms with Crippen molar-refractivity contribution in [1.29, 1.82) is 0 Å². The maximum atomic E-state index is 2.55. The lowest BCUT2D eigenvalue weighted by atomic mass is 9.59. The quantitative estimate of drug-likeness (QED) is 0.415. The topological polar surface area (TPSA) is 0 Å². The summed E-state index contributed by atoms with van der Waals surface area (Å²) in [6, 6.07) is 0. The molecule has 0 heteroatoms. The summed E-state index contributed by atoms with van der Waals surface area (Å²) in [5.41, 5.74) is 0.629. The van der Waals surface area contributed by atoms with Crippen molar-refractivity contribution >= 4 is 0 Å². The molecule has 4 aliphatic rings. The van der Waals surface area contributed by atoms with Crippen molar-refractivity contribution in [1.82, 2.24) is 0 Å². The SMILES string of the molecule is CC1C2CC(C3C4C=CC(C4)C23)C1(C)C. The Morgan fingerprint density at radius 3 is 2.40 bits per heavy atom. The summed E-state index contributed by atoms with van der Waals surface area (Å²) in [4.78, 5) is 0. The maximum absolute atomic E-state index is 2.55. The van der Waals surface area contributed by atoms with Crippen LogP contribution in [0.5, 0.6) is 0 Å². The number of hydrogen-bond donors (Lipinski definition) is 0. The molecule has 82 valence electrons. The molecule has 0 aromatic rings. The second kappa shape index (κ2) is 2.36. The fourth-order valence-corrected chi connectivity index (χ4v) is 5.90. The lowest BCUT2D eigenvalue weighted by molar-refractivity contribution is 0.0355. The van der Waals surface area contributed by atoms with E-state index in [9.17, 15) is 0 Å². The molecular formula is C15H22. The number of hydrogen-bond acceptors (Lipinski definition) is 0. The van der Waals surface area contributed by atoms with Crippen LogP contribution in [0.1, 0.15) is 33.6 Å². The Balaban J connectivity index is 1.80. The van der Waals surface area contributed by atoms with Gasteiger partial charge in [0.15, 0.2) is 0 Å². The lowest BCUT2D eigenvalue weighted by Crippen LogP contribution is -2.40. The first kappa shape index (κ1) is 8.84. The van der Waals surface area contributed by atoms with Crippen molar-refractivity contribution in [3.8, 4) is 0 Å². The predicted octanol–water partition coefficient (Wildman–Crippen LogP) is 3.74. The van der Waals surface area contributed by atoms with E-state index in [1.54, 1.807) is 6.42 Å². The lowest BCUT2D eigenvalue weighted by Gasteiger charge is -2.45. The van der Waals surface area contributed by atoms with E-state index >= 15 is 0 Å². The van der Waals surface area contributed by atoms with E-state index < -0.39 is 0 Å². The summed E-state index contributed by atoms with van der Waals surface area (Å²) in [5, 5.41) is 0. The van der Waals surface area contributed by atoms with Gasteiger partial charge in [0.2, 0.25) is 0 Å². The zero-order chi connectivity index (χ0) is 10.4. The van der Waals surface area contributed by atoms with Gasteiger partial charge in [-0.1, -0.05) is 32.9 Å². The highest BCUT2D eigenvalue weighted by Crippen LogP contribution is 2.71. The van der Waals surface area contributed by atoms with E-state index in [1.807, 2.05) is 0 Å². The first-order valence-electron chi connectivity index (χ1n) is 6.79. The average molecular weight is 202 g/mol. The van der Waals surface area contributed by atoms with Crippen molar-refractivity contribution in [3.63, 3.8) is 0 Å². The average Bonchev–Trinajstić information content (AvgIpc) is 2.88. The Kier molecular flexibility index (Phi) is 1.39. The van der Waals surface area contributed by atoms with Crippen molar-refractivity contribution in [2.45, 2.75) is 33.6 Å². The highest BCUT2D eigenvalue weighted by Gasteiger charge is 2.65. The van der Waals surface area contributed by atoms with Gasteiger partial charge >= 0.3 is 0 Å². The second-order valence-electron chi connectivity index (χ2n) is 7.22. The summed E-state index contributed by atoms with van der Waals surface area (Å²) in [6.07, 6.45) is 8.16. The van der Waals surface area contributed by atoms with Gasteiger partial charge in [0.1, 0.15) is 0 Å². The Hall–Kier alpha value is -0.260. The van der Waals surface area contributed by atoms with Gasteiger partial charge in [0.05, 0.1) is 0 Å². The molecule has 0 N–H and O–H groups in total. The third kappa shape index (κ3) is 0.797. The highest BCUT2D eigenvalue weighted by molar-refractivity contribution is 5.22. The molecule has 0 heterocycles. The molecule has 0 aromatic heterocycles. The molecule has 3 saturated carbocycles. The Labute approximate surface area is 93.1 Å². The molecule has 4 bridgehead atoms. The fourth-order valence-electron chi connectivity index (χ4n) is 5.90. The van der Waals surface area contributed by atoms with Crippen LogP contribution in [0.25, 0.3) is 0 Å². The Morgan fingerprint density at radius 2 is 1.67 bits per heavy atom. The van der Waals surface area contributed by atoms with Gasteiger partial charge in [0.25, 0.3) is 0 Å². The fraction of sp³-hybridized carbons (Fsp3) is 0.867. The van der Waals surface area contributed by atoms with E-state index in [2.05, 4.69) is 32.9 Å². The molecule has 0 amide bonds. The molecule has 0 aliphatic heterocycles. The summed E-state index contributed by atoms with van der Waals surface area (Å²) in [7, 11) is 0. The van der Waals surface area contributed by atoms with Gasteiger partial charge in [0, 0.05) is 0 Å². The first-order valence-corrected chi connectivity index (χ1v) is 6.79. The van der Waals surface area contributed by atoms with Gasteiger partial charge in [-0.3, -0.25) is 0 Å². The molecular weight excluding hydrogens is 180 g/mol. The molecule has 4 aliphatic carbocycles. The molecule has 0 saturated heterocycles. The molecule has 7 unspecified atom stereocenters. The number of fused-ring (bicyclic) bond motifs is 9. The molecule has 0 nitrogen and oxygen atoms in total. The van der Waals surface area contributed by atoms with Crippen LogP contribution in [0.3, 0.4) is 0 Å². The summed E-state index contributed by atoms with van der Waals surface area (Å²) in [5.74, 6) is 7.20. The third-order valence-electron chi connectivity index (χ3n) is 6.84. The zero-order valence-electron chi connectivity index (χ0n) is 10.1. The van der Waals surface area contributed by atoms with Gasteiger partial charge in [-0.15, -0.1) is 0 Å². The van der Waals surface area contributed by atoms with Crippen molar-refractivity contribution < 1.29 is 0 Å². The maximum Gasteiger partial charge on any atom is -0.0194 e. The van der Waals surface area contributed by atoms with E-state index in [4.69, 9.17) is 0 Å². The summed E-state index contributed by atoms with van der Waals surface area (Å²) in [6.45, 7) is 7.60. The minimum absolute atomic E-state index is 0.629. The largest absolute Gasteiger partial charge is 0.0848 e. The standard InChI is InChI=1S/C15H22/c1-8-11-7-12(15(8,2)3)14-10-5-4-9(6-10)13(11)14/h4-5,8-14H,6-7H2,1-3H3. The van der Waals surface area contributed by atoms with E-state index in [-0.39, 0.29) is 0 Å². The molecule has 0 aromatic carbocycles. The van der Waals surface area contributed by atoms with E-state index in [1.165, 1.54) is 6.42 Å². The minimum Gasteiger partial charge on any atom is -0.0848 e. The van der Waals surface area contributed by atoms with Crippen LogP contribution in [0.2, 0.25) is 0 Å². The summed E-state index contributed by atoms with van der Waals surface area (Å²) >= 11 is 0. The Morgan fingerprint density at radius 1 is 1.00 bits per heavy atom. The third-order valence-corrected chi connectivity index (χ3v) is 6.84. The second-order valence-corrected chi connectivity index (χ2v) is 7.22. The van der Waals surface area contributed by atoms with Gasteiger partial charge in [-0.05, 0) is 59.7 Å². The van der Waals surface area contributed by atoms with Crippen LogP contribution in [-0.4, -0.2) is 0 Å². The highest BCUT2D eigenvalue weighted by atomic mass is 14.7. The predicted molar refractivity (Wildman–Crippen MR) is 62.3 cm³/mol. The molecule has 0 radical (unpaired) electrons. The number of allylic oxidation sites excluding steroid dienone is 2. The van der Waals surface area contributed by atoms with E-state index in [0.29, 0.717) is 5.41 Å². The normalized spacial score (nSPS) is 62.7. The zero-order valence-corrected chi connectivity index (χ0v) is 10.1. The van der Waals surface area contributed by atoms with Gasteiger partial charge in [-0.25, -0.2) is 0 Å². The number of rotatable bonds is 0. The monoisotopic (exact) mass is 202 g/mol. The molecule has 15 heavy (non-hydrogen) atoms. The summed E-state index contributed by atoms with van der Waals surface area (Å²) < 4.78 is 0. The first-order chi connectivity index (χ1) is 7.10. The van der Waals surface area contributed by atoms with Gasteiger partial charge < -0.3 is 0 Å². The van der Waals surface area contributed by atoms with Crippen LogP contribution in [0.15, 0.2) is 12.2 Å². The molecule has 0 spiro atoms.